The maximum Gasteiger partial charge on any atom is 0.252 e. The number of hydrogen-bond acceptors (Lipinski definition) is 4. The zero-order valence-electron chi connectivity index (χ0n) is 36.4. The van der Waals surface area contributed by atoms with Crippen molar-refractivity contribution < 1.29 is 4.42 Å². The Morgan fingerprint density at radius 1 is 0.397 bits per heavy atom. The van der Waals surface area contributed by atoms with E-state index in [1.54, 1.807) is 0 Å². The predicted octanol–water partition coefficient (Wildman–Crippen LogP) is 13.4. The zero-order valence-corrected chi connectivity index (χ0v) is 39.2. The first-order chi connectivity index (χ1) is 30.5. The summed E-state index contributed by atoms with van der Waals surface area (Å²) in [6, 6.07) is 62.1. The van der Waals surface area contributed by atoms with Gasteiger partial charge >= 0.3 is 0 Å². The first-order valence-electron chi connectivity index (χ1n) is 22.2. The SMILES string of the molecule is C[Si](C)(C)c1c(N2c3cc4oc5ccccc5c4cc3B3c4cc5c(cc4N(c4ccc6ccccc6c4[Si](C)(C)C)c4cccc2c43)sc2ccccc25)ccc2ccccc12. The lowest BCUT2D eigenvalue weighted by atomic mass is 9.33. The fraction of sp³-hybridized carbons (Fsp3) is 0.107. The van der Waals surface area contributed by atoms with E-state index in [4.69, 9.17) is 4.42 Å². The number of furan rings is 1. The minimum atomic E-state index is -1.97. The number of hydrogen-bond donors (Lipinski definition) is 0. The molecule has 0 fully saturated rings. The maximum atomic E-state index is 6.76. The third-order valence-electron chi connectivity index (χ3n) is 13.8. The molecule has 63 heavy (non-hydrogen) atoms. The number of para-hydroxylation sites is 1. The lowest BCUT2D eigenvalue weighted by molar-refractivity contribution is 0.669. The molecule has 11 aromatic rings. The third kappa shape index (κ3) is 5.30. The summed E-state index contributed by atoms with van der Waals surface area (Å²) in [5.41, 5.74) is 13.4. The summed E-state index contributed by atoms with van der Waals surface area (Å²) in [7, 11) is -3.93. The Labute approximate surface area is 373 Å². The third-order valence-corrected chi connectivity index (χ3v) is 19.0. The summed E-state index contributed by atoms with van der Waals surface area (Å²) >= 11 is 1.91. The molecule has 2 aliphatic rings. The predicted molar refractivity (Wildman–Crippen MR) is 282 cm³/mol. The van der Waals surface area contributed by atoms with E-state index in [-0.39, 0.29) is 6.71 Å². The summed E-state index contributed by atoms with van der Waals surface area (Å²) in [5, 5.41) is 13.2. The van der Waals surface area contributed by atoms with Crippen LogP contribution in [-0.2, 0) is 0 Å². The molecule has 0 unspecified atom stereocenters. The van der Waals surface area contributed by atoms with Gasteiger partial charge in [0.2, 0.25) is 0 Å². The topological polar surface area (TPSA) is 19.6 Å². The van der Waals surface area contributed by atoms with E-state index in [0.29, 0.717) is 0 Å². The van der Waals surface area contributed by atoms with E-state index in [1.165, 1.54) is 103 Å². The Hall–Kier alpha value is -6.38. The van der Waals surface area contributed by atoms with Crippen molar-refractivity contribution >= 4 is 159 Å². The van der Waals surface area contributed by atoms with E-state index in [0.717, 1.165) is 21.9 Å². The quantitative estimate of drug-likeness (QED) is 0.164. The van der Waals surface area contributed by atoms with Crippen LogP contribution < -0.4 is 36.6 Å². The summed E-state index contributed by atoms with van der Waals surface area (Å²) < 4.78 is 9.41. The Balaban J connectivity index is 1.20. The second kappa shape index (κ2) is 13.1. The average Bonchev–Trinajstić information content (AvgIpc) is 3.83. The second-order valence-electron chi connectivity index (χ2n) is 19.7. The van der Waals surface area contributed by atoms with E-state index >= 15 is 0 Å². The van der Waals surface area contributed by atoms with Crippen LogP contribution in [0.3, 0.4) is 0 Å². The second-order valence-corrected chi connectivity index (χ2v) is 30.8. The van der Waals surface area contributed by atoms with Crippen molar-refractivity contribution in [2.75, 3.05) is 9.80 Å². The Bertz CT molecular complexity index is 3520. The number of fused-ring (bicyclic) bond motifs is 12. The van der Waals surface area contributed by atoms with E-state index in [9.17, 15) is 0 Å². The van der Waals surface area contributed by atoms with Crippen molar-refractivity contribution in [3.05, 3.63) is 164 Å². The summed E-state index contributed by atoms with van der Waals surface area (Å²) in [6.45, 7) is 15.0. The number of anilines is 6. The number of nitrogens with zero attached hydrogens (tertiary/aromatic N) is 2. The van der Waals surface area contributed by atoms with Crippen molar-refractivity contribution in [2.24, 2.45) is 0 Å². The molecule has 302 valence electrons. The number of thiophene rings is 1. The van der Waals surface area contributed by atoms with Crippen LogP contribution in [0.15, 0.2) is 168 Å². The van der Waals surface area contributed by atoms with Crippen molar-refractivity contribution in [1.82, 2.24) is 0 Å². The van der Waals surface area contributed by atoms with Gasteiger partial charge in [-0.3, -0.25) is 0 Å². The summed E-state index contributed by atoms with van der Waals surface area (Å²) in [6.07, 6.45) is 0. The van der Waals surface area contributed by atoms with E-state index in [2.05, 4.69) is 213 Å². The van der Waals surface area contributed by atoms with Crippen LogP contribution in [0.4, 0.5) is 34.1 Å². The van der Waals surface area contributed by atoms with Gasteiger partial charge in [-0.15, -0.1) is 11.3 Å². The molecule has 0 saturated carbocycles. The molecule has 0 spiro atoms. The normalized spacial score (nSPS) is 13.8. The van der Waals surface area contributed by atoms with Crippen LogP contribution in [0, 0.1) is 0 Å². The molecule has 0 amide bonds. The lowest BCUT2D eigenvalue weighted by Gasteiger charge is -2.45. The highest BCUT2D eigenvalue weighted by atomic mass is 32.1. The molecule has 0 saturated heterocycles. The van der Waals surface area contributed by atoms with Crippen molar-refractivity contribution in [3.63, 3.8) is 0 Å². The van der Waals surface area contributed by atoms with Gasteiger partial charge < -0.3 is 14.2 Å². The molecule has 0 aliphatic carbocycles. The first kappa shape index (κ1) is 37.2. The van der Waals surface area contributed by atoms with Gasteiger partial charge in [0.05, 0.1) is 16.1 Å². The highest BCUT2D eigenvalue weighted by Crippen LogP contribution is 2.48. The van der Waals surface area contributed by atoms with Gasteiger partial charge in [-0.1, -0.05) is 155 Å². The monoisotopic (exact) mass is 860 g/mol. The average molecular weight is 861 g/mol. The molecule has 2 aromatic heterocycles. The van der Waals surface area contributed by atoms with Gasteiger partial charge in [0, 0.05) is 65.7 Å². The summed E-state index contributed by atoms with van der Waals surface area (Å²) in [5.74, 6) is 0. The molecule has 3 nitrogen and oxygen atoms in total. The highest BCUT2D eigenvalue weighted by molar-refractivity contribution is 7.26. The van der Waals surface area contributed by atoms with Crippen LogP contribution in [0.25, 0.3) is 63.7 Å². The largest absolute Gasteiger partial charge is 0.456 e. The molecule has 0 atom stereocenters. The minimum absolute atomic E-state index is 0.0265. The molecule has 9 aromatic carbocycles. The molecule has 2 aliphatic heterocycles. The molecule has 7 heteroatoms. The molecule has 0 N–H and O–H groups in total. The number of benzene rings is 9. The fourth-order valence-corrected chi connectivity index (χ4v) is 16.5. The molecule has 0 radical (unpaired) electrons. The van der Waals surface area contributed by atoms with Crippen molar-refractivity contribution in [3.8, 4) is 0 Å². The van der Waals surface area contributed by atoms with Gasteiger partial charge in [-0.2, -0.15) is 0 Å². The van der Waals surface area contributed by atoms with Gasteiger partial charge in [-0.25, -0.2) is 0 Å². The molecule has 4 heterocycles. The van der Waals surface area contributed by atoms with Gasteiger partial charge in [0.15, 0.2) is 0 Å². The van der Waals surface area contributed by atoms with Gasteiger partial charge in [0.25, 0.3) is 6.71 Å². The van der Waals surface area contributed by atoms with Crippen LogP contribution >= 0.6 is 11.3 Å². The molecule has 13 rings (SSSR count). The molecule has 0 bridgehead atoms. The number of rotatable bonds is 4. The first-order valence-corrected chi connectivity index (χ1v) is 30.0. The van der Waals surface area contributed by atoms with Gasteiger partial charge in [-0.05, 0) is 96.2 Å². The Kier molecular flexibility index (Phi) is 7.72. The lowest BCUT2D eigenvalue weighted by Crippen LogP contribution is -2.62. The molecular formula is C56H45BN2OSSi2. The standard InChI is InChI=1S/C56H45BN2OSSi2/c1-62(2,3)55-36-18-9-7-16-34(36)26-28-46(55)58-44-22-15-23-45-54(44)57(42-30-40-38-20-11-13-24-50(38)60-51(40)32-48(42)58)43-31-41-39-21-12-14-25-52(39)61-53(41)33-49(43)59(45)47-29-27-35-17-8-10-19-37(35)56(47)63(4,5)6/h7-33H,1-6H3. The maximum absolute atomic E-state index is 6.76. The Morgan fingerprint density at radius 2 is 0.921 bits per heavy atom. The highest BCUT2D eigenvalue weighted by Gasteiger charge is 2.45. The van der Waals surface area contributed by atoms with E-state index in [1.807, 2.05) is 11.3 Å². The van der Waals surface area contributed by atoms with Crippen LogP contribution in [0.5, 0.6) is 0 Å². The fourth-order valence-electron chi connectivity index (χ4n) is 11.4. The van der Waals surface area contributed by atoms with Crippen molar-refractivity contribution in [1.29, 1.82) is 0 Å². The van der Waals surface area contributed by atoms with E-state index < -0.39 is 16.1 Å². The smallest absolute Gasteiger partial charge is 0.252 e. The van der Waals surface area contributed by atoms with Crippen LogP contribution in [0.2, 0.25) is 39.3 Å². The molecular weight excluding hydrogens is 816 g/mol. The van der Waals surface area contributed by atoms with Crippen LogP contribution in [-0.4, -0.2) is 22.9 Å². The zero-order chi connectivity index (χ0) is 42.5. The van der Waals surface area contributed by atoms with Crippen LogP contribution in [0.1, 0.15) is 0 Å². The Morgan fingerprint density at radius 3 is 1.54 bits per heavy atom. The van der Waals surface area contributed by atoms with Crippen molar-refractivity contribution in [2.45, 2.75) is 39.3 Å². The summed E-state index contributed by atoms with van der Waals surface area (Å²) in [4.78, 5) is 5.29. The minimum Gasteiger partial charge on any atom is -0.456 e. The van der Waals surface area contributed by atoms with Gasteiger partial charge in [0.1, 0.15) is 11.2 Å².